The first-order valence-electron chi connectivity index (χ1n) is 7.13. The Morgan fingerprint density at radius 1 is 1.35 bits per heavy atom. The quantitative estimate of drug-likeness (QED) is 0.773. The average Bonchev–Trinajstić information content (AvgIpc) is 2.92. The van der Waals surface area contributed by atoms with Gasteiger partial charge >= 0.3 is 0 Å². The number of carbonyl (C=O) groups is 1. The summed E-state index contributed by atoms with van der Waals surface area (Å²) in [6.07, 6.45) is 0.0299. The van der Waals surface area contributed by atoms with Crippen LogP contribution in [0.25, 0.3) is 0 Å². The molecule has 1 aromatic heterocycles. The fraction of sp³-hybridized carbons (Fsp3) is 0.400. The topological polar surface area (TPSA) is 64.1 Å². The number of rotatable bonds is 7. The van der Waals surface area contributed by atoms with Gasteiger partial charge in [0.2, 0.25) is 5.91 Å². The van der Waals surface area contributed by atoms with Crippen LogP contribution in [-0.2, 0) is 11.3 Å². The first-order valence-corrected chi connectivity index (χ1v) is 8.83. The van der Waals surface area contributed by atoms with Gasteiger partial charge in [0.25, 0.3) is 5.19 Å². The molecule has 0 aliphatic carbocycles. The lowest BCUT2D eigenvalue weighted by molar-refractivity contribution is -0.120. The Morgan fingerprint density at radius 2 is 2.09 bits per heavy atom. The van der Waals surface area contributed by atoms with Crippen LogP contribution in [0.4, 0.5) is 4.39 Å². The van der Waals surface area contributed by atoms with Crippen LogP contribution >= 0.6 is 23.1 Å². The van der Waals surface area contributed by atoms with Crippen LogP contribution in [0.2, 0.25) is 0 Å². The van der Waals surface area contributed by atoms with E-state index in [1.54, 1.807) is 25.1 Å². The number of hydrogen-bond donors (Lipinski definition) is 1. The smallest absolute Gasteiger partial charge is 0.295 e. The molecule has 1 atom stereocenters. The molecular formula is C15H18FN3O2S2. The summed E-state index contributed by atoms with van der Waals surface area (Å²) in [6.45, 7) is 5.75. The van der Waals surface area contributed by atoms with Gasteiger partial charge in [-0.3, -0.25) is 4.79 Å². The molecule has 0 bridgehead atoms. The molecule has 124 valence electrons. The van der Waals surface area contributed by atoms with Crippen molar-refractivity contribution in [2.45, 2.75) is 43.0 Å². The molecule has 8 heteroatoms. The Morgan fingerprint density at radius 3 is 2.78 bits per heavy atom. The summed E-state index contributed by atoms with van der Waals surface area (Å²) in [6, 6.07) is 6.37. The van der Waals surface area contributed by atoms with Crippen LogP contribution in [0.1, 0.15) is 26.3 Å². The number of halogens is 1. The summed E-state index contributed by atoms with van der Waals surface area (Å²) in [5.41, 5.74) is 0.460. The maximum absolute atomic E-state index is 13.5. The highest BCUT2D eigenvalue weighted by atomic mass is 32.2. The third kappa shape index (κ3) is 5.47. The standard InChI is InChI=1S/C15H18FN3O2S2/c1-9(2)21-14-18-19-15(23-14)22-10(3)13(20)17-8-11-6-4-5-7-12(11)16/h4-7,9-10H,8H2,1-3H3,(H,17,20)/t10-/m1/s1. The molecule has 2 aromatic rings. The summed E-state index contributed by atoms with van der Waals surface area (Å²) in [5, 5.41) is 10.8. The third-order valence-electron chi connectivity index (χ3n) is 2.78. The minimum absolute atomic E-state index is 0.0299. The van der Waals surface area contributed by atoms with Crippen molar-refractivity contribution in [1.82, 2.24) is 15.5 Å². The zero-order valence-electron chi connectivity index (χ0n) is 13.1. The van der Waals surface area contributed by atoms with E-state index in [2.05, 4.69) is 15.5 Å². The Kier molecular flexibility index (Phi) is 6.35. The number of thioether (sulfide) groups is 1. The van der Waals surface area contributed by atoms with E-state index in [-0.39, 0.29) is 29.6 Å². The maximum atomic E-state index is 13.5. The van der Waals surface area contributed by atoms with E-state index in [4.69, 9.17) is 4.74 Å². The molecule has 0 aliphatic rings. The lowest BCUT2D eigenvalue weighted by atomic mass is 10.2. The summed E-state index contributed by atoms with van der Waals surface area (Å²) < 4.78 is 19.6. The number of nitrogens with one attached hydrogen (secondary N) is 1. The minimum Gasteiger partial charge on any atom is -0.466 e. The molecule has 5 nitrogen and oxygen atoms in total. The van der Waals surface area contributed by atoms with Crippen LogP contribution in [0.3, 0.4) is 0 Å². The number of amides is 1. The molecule has 0 unspecified atom stereocenters. The van der Waals surface area contributed by atoms with E-state index in [9.17, 15) is 9.18 Å². The molecule has 1 heterocycles. The SMILES string of the molecule is CC(C)Oc1nnc(S[C@H](C)C(=O)NCc2ccccc2F)s1. The van der Waals surface area contributed by atoms with Crippen molar-refractivity contribution < 1.29 is 13.9 Å². The van der Waals surface area contributed by atoms with E-state index < -0.39 is 0 Å². The molecule has 0 radical (unpaired) electrons. The Hall–Kier alpha value is -1.67. The monoisotopic (exact) mass is 355 g/mol. The average molecular weight is 355 g/mol. The van der Waals surface area contributed by atoms with Gasteiger partial charge in [0.05, 0.1) is 11.4 Å². The zero-order chi connectivity index (χ0) is 16.8. The highest BCUT2D eigenvalue weighted by molar-refractivity contribution is 8.02. The number of ether oxygens (including phenoxy) is 1. The molecule has 23 heavy (non-hydrogen) atoms. The molecule has 0 saturated carbocycles. The van der Waals surface area contributed by atoms with Gasteiger partial charge in [0, 0.05) is 12.1 Å². The molecule has 1 N–H and O–H groups in total. The van der Waals surface area contributed by atoms with Crippen LogP contribution in [0.5, 0.6) is 5.19 Å². The lowest BCUT2D eigenvalue weighted by Gasteiger charge is -2.10. The number of hydrogen-bond acceptors (Lipinski definition) is 6. The Labute approximate surface area is 142 Å². The van der Waals surface area contributed by atoms with E-state index in [1.165, 1.54) is 29.2 Å². The number of carbonyl (C=O) groups excluding carboxylic acids is 1. The molecular weight excluding hydrogens is 337 g/mol. The van der Waals surface area contributed by atoms with E-state index in [1.807, 2.05) is 13.8 Å². The van der Waals surface area contributed by atoms with Crippen molar-refractivity contribution in [3.05, 3.63) is 35.6 Å². The van der Waals surface area contributed by atoms with Crippen molar-refractivity contribution in [1.29, 1.82) is 0 Å². The normalized spacial score (nSPS) is 12.2. The minimum atomic E-state index is -0.360. The van der Waals surface area contributed by atoms with Gasteiger partial charge in [0.1, 0.15) is 5.82 Å². The molecule has 2 rings (SSSR count). The van der Waals surface area contributed by atoms with Gasteiger partial charge in [-0.1, -0.05) is 35.1 Å². The Bertz CT molecular complexity index is 664. The molecule has 0 spiro atoms. The molecule has 0 saturated heterocycles. The van der Waals surface area contributed by atoms with Crippen molar-refractivity contribution in [3.63, 3.8) is 0 Å². The molecule has 0 aliphatic heterocycles. The predicted octanol–water partition coefficient (Wildman–Crippen LogP) is 3.26. The van der Waals surface area contributed by atoms with Crippen LogP contribution in [0.15, 0.2) is 28.6 Å². The lowest BCUT2D eigenvalue weighted by Crippen LogP contribution is -2.30. The number of aromatic nitrogens is 2. The molecule has 1 aromatic carbocycles. The second-order valence-electron chi connectivity index (χ2n) is 5.07. The van der Waals surface area contributed by atoms with E-state index >= 15 is 0 Å². The first kappa shape index (κ1) is 17.7. The zero-order valence-corrected chi connectivity index (χ0v) is 14.7. The Balaban J connectivity index is 1.85. The van der Waals surface area contributed by atoms with Crippen LogP contribution in [0, 0.1) is 5.82 Å². The van der Waals surface area contributed by atoms with Gasteiger partial charge in [-0.25, -0.2) is 4.39 Å². The van der Waals surface area contributed by atoms with Crippen molar-refractivity contribution in [2.75, 3.05) is 0 Å². The van der Waals surface area contributed by atoms with Gasteiger partial charge in [-0.15, -0.1) is 5.10 Å². The number of nitrogens with zero attached hydrogens (tertiary/aromatic N) is 2. The summed E-state index contributed by atoms with van der Waals surface area (Å²) in [5.74, 6) is -0.507. The molecule has 1 amide bonds. The van der Waals surface area contributed by atoms with E-state index in [0.717, 1.165) is 0 Å². The van der Waals surface area contributed by atoms with Crippen molar-refractivity contribution >= 4 is 29.0 Å². The van der Waals surface area contributed by atoms with Gasteiger partial charge in [-0.2, -0.15) is 0 Å². The second kappa shape index (κ2) is 8.26. The number of benzene rings is 1. The third-order valence-corrected chi connectivity index (χ3v) is 4.78. The highest BCUT2D eigenvalue weighted by Crippen LogP contribution is 2.30. The van der Waals surface area contributed by atoms with Gasteiger partial charge < -0.3 is 10.1 Å². The van der Waals surface area contributed by atoms with E-state index in [0.29, 0.717) is 15.1 Å². The highest BCUT2D eigenvalue weighted by Gasteiger charge is 2.18. The first-order chi connectivity index (χ1) is 11.0. The van der Waals surface area contributed by atoms with Gasteiger partial charge in [0.15, 0.2) is 4.34 Å². The fourth-order valence-corrected chi connectivity index (χ4v) is 3.64. The fourth-order valence-electron chi connectivity index (χ4n) is 1.67. The second-order valence-corrected chi connectivity index (χ2v) is 7.60. The predicted molar refractivity (Wildman–Crippen MR) is 89.2 cm³/mol. The summed E-state index contributed by atoms with van der Waals surface area (Å²) in [7, 11) is 0. The van der Waals surface area contributed by atoms with Crippen LogP contribution < -0.4 is 10.1 Å². The van der Waals surface area contributed by atoms with Crippen molar-refractivity contribution in [3.8, 4) is 5.19 Å². The summed E-state index contributed by atoms with van der Waals surface area (Å²) >= 11 is 2.60. The van der Waals surface area contributed by atoms with Gasteiger partial charge in [-0.05, 0) is 38.2 Å². The maximum Gasteiger partial charge on any atom is 0.295 e. The van der Waals surface area contributed by atoms with Crippen LogP contribution in [-0.4, -0.2) is 27.5 Å². The van der Waals surface area contributed by atoms with Crippen molar-refractivity contribution in [2.24, 2.45) is 0 Å². The largest absolute Gasteiger partial charge is 0.466 e. The molecule has 0 fully saturated rings. The summed E-state index contributed by atoms with van der Waals surface area (Å²) in [4.78, 5) is 12.1.